The van der Waals surface area contributed by atoms with Gasteiger partial charge in [-0.25, -0.2) is 9.59 Å². The lowest BCUT2D eigenvalue weighted by Crippen LogP contribution is -2.46. The zero-order chi connectivity index (χ0) is 46.5. The summed E-state index contributed by atoms with van der Waals surface area (Å²) in [6.07, 6.45) is 3.67. The summed E-state index contributed by atoms with van der Waals surface area (Å²) in [5, 5.41) is 29.9. The van der Waals surface area contributed by atoms with E-state index in [1.54, 1.807) is 90.1 Å². The number of ketones is 2. The third kappa shape index (κ3) is 24.9. The van der Waals surface area contributed by atoms with E-state index in [1.807, 2.05) is 0 Å². The minimum absolute atomic E-state index is 0.0573. The van der Waals surface area contributed by atoms with Crippen LogP contribution in [0.4, 0.5) is 9.59 Å². The fraction of sp³-hybridized carbons (Fsp3) is 0.556. The lowest BCUT2D eigenvalue weighted by atomic mass is 10.1. The fourth-order valence-corrected chi connectivity index (χ4v) is 5.18. The molecule has 0 aromatic heterocycles. The van der Waals surface area contributed by atoms with Crippen LogP contribution < -0.4 is 24.3 Å². The number of nitrogens with one attached hydrogen (secondary N) is 1. The lowest BCUT2D eigenvalue weighted by molar-refractivity contribution is -0.121. The zero-order valence-electron chi connectivity index (χ0n) is 37.4. The largest absolute Gasteiger partial charge is 0.488 e. The average molecular weight is 891 g/mol. The van der Waals surface area contributed by atoms with Crippen LogP contribution in [0.5, 0.6) is 23.0 Å². The Morgan fingerprint density at radius 2 is 1.02 bits per heavy atom. The fourth-order valence-electron chi connectivity index (χ4n) is 5.18. The van der Waals surface area contributed by atoms with E-state index in [-0.39, 0.29) is 85.6 Å². The minimum atomic E-state index is -1.07. The quantitative estimate of drug-likeness (QED) is 0.0439. The standard InChI is InChI=1S/C45H66N2O16/c1-44(2,3)47(43(53)54)16-20-60-39-14-10-35(32-41(39)62-30-28-58-26-24-56-22-18-49)8-12-37(51)33-36(50)11-7-34-9-13-38(59-19-15-46-42(52)63-45(4,5)6)40(31-34)61-29-27-57-25-23-55-21-17-48/h7-14,31-32,48-49H,15-30,33H2,1-6H3,(H,46,52)(H,53,54). The van der Waals surface area contributed by atoms with E-state index < -0.39 is 34.9 Å². The van der Waals surface area contributed by atoms with Gasteiger partial charge in [0.25, 0.3) is 0 Å². The number of hydrogen-bond acceptors (Lipinski definition) is 15. The van der Waals surface area contributed by atoms with Gasteiger partial charge in [-0.3, -0.25) is 9.59 Å². The molecule has 0 aliphatic carbocycles. The summed E-state index contributed by atoms with van der Waals surface area (Å²) in [5.74, 6) is 0.594. The molecule has 63 heavy (non-hydrogen) atoms. The molecule has 2 amide bonds. The molecule has 0 atom stereocenters. The van der Waals surface area contributed by atoms with Crippen molar-refractivity contribution in [3.63, 3.8) is 0 Å². The predicted molar refractivity (Wildman–Crippen MR) is 234 cm³/mol. The van der Waals surface area contributed by atoms with Gasteiger partial charge in [0.05, 0.1) is 85.6 Å². The van der Waals surface area contributed by atoms with Crippen molar-refractivity contribution in [2.45, 2.75) is 59.1 Å². The second-order valence-corrected chi connectivity index (χ2v) is 15.5. The zero-order valence-corrected chi connectivity index (χ0v) is 37.4. The number of alkyl carbamates (subject to hydrolysis) is 1. The number of carboxylic acid groups (broad SMARTS) is 1. The van der Waals surface area contributed by atoms with Crippen LogP contribution in [0.15, 0.2) is 48.6 Å². The molecule has 0 aliphatic rings. The molecule has 2 rings (SSSR count). The number of aliphatic hydroxyl groups is 2. The monoisotopic (exact) mass is 890 g/mol. The number of carbonyl (C=O) groups excluding carboxylic acids is 3. The number of ether oxygens (including phenoxy) is 9. The van der Waals surface area contributed by atoms with E-state index in [2.05, 4.69) is 5.32 Å². The summed E-state index contributed by atoms with van der Waals surface area (Å²) < 4.78 is 50.3. The van der Waals surface area contributed by atoms with E-state index in [0.29, 0.717) is 60.6 Å². The Bertz CT molecular complexity index is 1730. The van der Waals surface area contributed by atoms with Crippen LogP contribution in [0, 0.1) is 0 Å². The van der Waals surface area contributed by atoms with Crippen LogP contribution >= 0.6 is 0 Å². The highest BCUT2D eigenvalue weighted by molar-refractivity contribution is 6.10. The van der Waals surface area contributed by atoms with Crippen molar-refractivity contribution in [3.05, 3.63) is 59.7 Å². The molecular weight excluding hydrogens is 824 g/mol. The van der Waals surface area contributed by atoms with Gasteiger partial charge in [0.15, 0.2) is 34.6 Å². The third-order valence-electron chi connectivity index (χ3n) is 8.03. The van der Waals surface area contributed by atoms with Crippen molar-refractivity contribution in [2.75, 3.05) is 106 Å². The first-order chi connectivity index (χ1) is 30.0. The third-order valence-corrected chi connectivity index (χ3v) is 8.03. The molecule has 18 nitrogen and oxygen atoms in total. The Hall–Kier alpha value is -5.24. The number of benzene rings is 2. The molecule has 0 saturated heterocycles. The predicted octanol–water partition coefficient (Wildman–Crippen LogP) is 4.81. The van der Waals surface area contributed by atoms with Crippen molar-refractivity contribution in [1.29, 1.82) is 0 Å². The van der Waals surface area contributed by atoms with Gasteiger partial charge in [-0.2, -0.15) is 0 Å². The normalized spacial score (nSPS) is 11.7. The molecule has 352 valence electrons. The Balaban J connectivity index is 2.08. The molecule has 0 heterocycles. The number of rotatable bonds is 32. The highest BCUT2D eigenvalue weighted by Gasteiger charge is 2.26. The van der Waals surface area contributed by atoms with Crippen LogP contribution in [0.1, 0.15) is 59.1 Å². The number of aliphatic hydroxyl groups excluding tert-OH is 2. The number of allylic oxidation sites excluding steroid dienone is 2. The second kappa shape index (κ2) is 30.0. The van der Waals surface area contributed by atoms with E-state index >= 15 is 0 Å². The maximum absolute atomic E-state index is 12.9. The number of carbonyl (C=O) groups is 4. The van der Waals surface area contributed by atoms with E-state index in [1.165, 1.54) is 17.1 Å². The summed E-state index contributed by atoms with van der Waals surface area (Å²) in [6, 6.07) is 10.1. The molecule has 18 heteroatoms. The van der Waals surface area contributed by atoms with Crippen molar-refractivity contribution in [2.24, 2.45) is 0 Å². The van der Waals surface area contributed by atoms with E-state index in [4.69, 9.17) is 52.8 Å². The van der Waals surface area contributed by atoms with E-state index in [9.17, 15) is 24.3 Å². The van der Waals surface area contributed by atoms with Gasteiger partial charge in [0, 0.05) is 5.54 Å². The van der Waals surface area contributed by atoms with Crippen molar-refractivity contribution < 1.29 is 77.1 Å². The highest BCUT2D eigenvalue weighted by Crippen LogP contribution is 2.30. The molecular formula is C45H66N2O16. The number of nitrogens with zero attached hydrogens (tertiary/aromatic N) is 1. The number of amides is 2. The van der Waals surface area contributed by atoms with Crippen molar-refractivity contribution >= 4 is 35.9 Å². The first kappa shape index (κ1) is 53.9. The summed E-state index contributed by atoms with van der Waals surface area (Å²) in [5.41, 5.74) is -0.0871. The molecule has 2 aromatic carbocycles. The van der Waals surface area contributed by atoms with Gasteiger partial charge in [-0.05, 0) is 89.1 Å². The molecule has 0 radical (unpaired) electrons. The van der Waals surface area contributed by atoms with Crippen LogP contribution in [0.2, 0.25) is 0 Å². The Labute approximate surface area is 370 Å². The lowest BCUT2D eigenvalue weighted by Gasteiger charge is -2.33. The van der Waals surface area contributed by atoms with Crippen LogP contribution in [0.25, 0.3) is 12.2 Å². The summed E-state index contributed by atoms with van der Waals surface area (Å²) in [4.78, 5) is 50.8. The van der Waals surface area contributed by atoms with Crippen LogP contribution in [0.3, 0.4) is 0 Å². The topological polar surface area (TPSA) is 227 Å². The van der Waals surface area contributed by atoms with Crippen molar-refractivity contribution in [3.8, 4) is 23.0 Å². The highest BCUT2D eigenvalue weighted by atomic mass is 16.6. The minimum Gasteiger partial charge on any atom is -0.488 e. The van der Waals surface area contributed by atoms with Crippen LogP contribution in [-0.4, -0.2) is 161 Å². The Morgan fingerprint density at radius 1 is 0.587 bits per heavy atom. The molecule has 2 aromatic rings. The first-order valence-corrected chi connectivity index (χ1v) is 20.7. The molecule has 0 spiro atoms. The molecule has 0 aliphatic heterocycles. The molecule has 4 N–H and O–H groups in total. The van der Waals surface area contributed by atoms with Gasteiger partial charge in [0.2, 0.25) is 0 Å². The SMILES string of the molecule is CC(C)(C)OC(=O)NCCOc1ccc(C=CC(=O)CC(=O)C=Cc2ccc(OCCN(C(=O)O)C(C)(C)C)c(OCCOCCOCCO)c2)cc1OCCOCCOCCO. The smallest absolute Gasteiger partial charge is 0.407 e. The Morgan fingerprint density at radius 3 is 1.44 bits per heavy atom. The van der Waals surface area contributed by atoms with Crippen molar-refractivity contribution in [1.82, 2.24) is 10.2 Å². The molecule has 0 saturated carbocycles. The van der Waals surface area contributed by atoms with Gasteiger partial charge in [0.1, 0.15) is 32.0 Å². The molecule has 0 bridgehead atoms. The van der Waals surface area contributed by atoms with Crippen LogP contribution in [-0.2, 0) is 33.3 Å². The summed E-state index contributed by atoms with van der Waals surface area (Å²) in [6.45, 7) is 13.5. The molecule has 0 unspecified atom stereocenters. The summed E-state index contributed by atoms with van der Waals surface area (Å²) >= 11 is 0. The van der Waals surface area contributed by atoms with E-state index in [0.717, 1.165) is 0 Å². The first-order valence-electron chi connectivity index (χ1n) is 20.7. The van der Waals surface area contributed by atoms with Gasteiger partial charge in [-0.15, -0.1) is 0 Å². The second-order valence-electron chi connectivity index (χ2n) is 15.5. The maximum Gasteiger partial charge on any atom is 0.407 e. The molecule has 0 fully saturated rings. The number of hydrogen-bond donors (Lipinski definition) is 4. The van der Waals surface area contributed by atoms with Gasteiger partial charge < -0.3 is 68.2 Å². The summed E-state index contributed by atoms with van der Waals surface area (Å²) in [7, 11) is 0. The maximum atomic E-state index is 12.9. The van der Waals surface area contributed by atoms with Gasteiger partial charge in [-0.1, -0.05) is 24.3 Å². The van der Waals surface area contributed by atoms with Gasteiger partial charge >= 0.3 is 12.2 Å². The average Bonchev–Trinajstić information content (AvgIpc) is 3.21. The Kier molecular flexibility index (Phi) is 25.6.